The number of carbonyl (C=O) groups is 2. The maximum absolute atomic E-state index is 12.9. The summed E-state index contributed by atoms with van der Waals surface area (Å²) < 4.78 is 10.7. The van der Waals surface area contributed by atoms with Crippen LogP contribution in [0.2, 0.25) is 0 Å². The van der Waals surface area contributed by atoms with Crippen LogP contribution in [0.3, 0.4) is 0 Å². The fourth-order valence-electron chi connectivity index (χ4n) is 3.90. The van der Waals surface area contributed by atoms with Crippen LogP contribution in [0.1, 0.15) is 41.1 Å². The Labute approximate surface area is 177 Å². The molecule has 2 aromatic carbocycles. The monoisotopic (exact) mass is 408 g/mol. The highest BCUT2D eigenvalue weighted by Gasteiger charge is 2.28. The van der Waals surface area contributed by atoms with Gasteiger partial charge >= 0.3 is 0 Å². The van der Waals surface area contributed by atoms with Gasteiger partial charge in [0.25, 0.3) is 5.91 Å². The fourth-order valence-corrected chi connectivity index (χ4v) is 3.90. The van der Waals surface area contributed by atoms with Gasteiger partial charge in [-0.2, -0.15) is 0 Å². The molecule has 158 valence electrons. The van der Waals surface area contributed by atoms with Crippen LogP contribution < -0.4 is 15.2 Å². The van der Waals surface area contributed by atoms with Crippen LogP contribution in [0.4, 0.5) is 0 Å². The van der Waals surface area contributed by atoms with E-state index < -0.39 is 5.91 Å². The number of rotatable bonds is 7. The molecule has 1 unspecified atom stereocenters. The number of carbonyl (C=O) groups excluding carboxylic acids is 2. The van der Waals surface area contributed by atoms with E-state index in [4.69, 9.17) is 15.2 Å². The van der Waals surface area contributed by atoms with E-state index in [0.717, 1.165) is 24.9 Å². The molecule has 6 nitrogen and oxygen atoms in total. The second-order valence-electron chi connectivity index (χ2n) is 7.61. The summed E-state index contributed by atoms with van der Waals surface area (Å²) in [5.41, 5.74) is 9.54. The molecule has 1 aliphatic rings. The minimum Gasteiger partial charge on any atom is -0.493 e. The van der Waals surface area contributed by atoms with Gasteiger partial charge in [0.2, 0.25) is 5.91 Å². The maximum atomic E-state index is 12.9. The summed E-state index contributed by atoms with van der Waals surface area (Å²) in [6.07, 6.45) is 5.33. The van der Waals surface area contributed by atoms with Crippen LogP contribution in [-0.4, -0.2) is 37.0 Å². The molecule has 1 saturated heterocycles. The molecule has 0 aliphatic carbocycles. The molecule has 1 aliphatic heterocycles. The third-order valence-electron chi connectivity index (χ3n) is 5.14. The number of hydrogen-bond acceptors (Lipinski definition) is 4. The van der Waals surface area contributed by atoms with E-state index in [1.54, 1.807) is 30.4 Å². The number of hydrogen-bond donors (Lipinski definition) is 1. The molecular weight excluding hydrogens is 380 g/mol. The molecule has 0 spiro atoms. The zero-order valence-corrected chi connectivity index (χ0v) is 17.7. The summed E-state index contributed by atoms with van der Waals surface area (Å²) in [6.45, 7) is 4.70. The highest BCUT2D eigenvalue weighted by atomic mass is 16.5. The summed E-state index contributed by atoms with van der Waals surface area (Å²) in [4.78, 5) is 25.8. The number of aryl methyl sites for hydroxylation is 2. The van der Waals surface area contributed by atoms with E-state index in [1.807, 2.05) is 4.90 Å². The Morgan fingerprint density at radius 1 is 1.13 bits per heavy atom. The molecule has 2 amide bonds. The third-order valence-corrected chi connectivity index (χ3v) is 5.14. The highest BCUT2D eigenvalue weighted by molar-refractivity contribution is 5.92. The lowest BCUT2D eigenvalue weighted by atomic mass is 9.99. The topological polar surface area (TPSA) is 81.9 Å². The lowest BCUT2D eigenvalue weighted by Gasteiger charge is -2.24. The molecule has 2 aromatic rings. The molecule has 0 radical (unpaired) electrons. The SMILES string of the molecule is COc1cc(/C=C/C(=O)N2CCCC2c2cc(C)cc(C)c2)ccc1OCC(N)=O. The van der Waals surface area contributed by atoms with Crippen molar-refractivity contribution in [3.8, 4) is 11.5 Å². The molecule has 1 heterocycles. The van der Waals surface area contributed by atoms with E-state index in [-0.39, 0.29) is 18.6 Å². The molecular formula is C24H28N2O4. The van der Waals surface area contributed by atoms with Crippen molar-refractivity contribution in [3.63, 3.8) is 0 Å². The zero-order valence-electron chi connectivity index (χ0n) is 17.7. The predicted molar refractivity (Wildman–Crippen MR) is 116 cm³/mol. The third kappa shape index (κ3) is 5.20. The van der Waals surface area contributed by atoms with E-state index in [9.17, 15) is 9.59 Å². The summed E-state index contributed by atoms with van der Waals surface area (Å²) in [5.74, 6) is 0.328. The van der Waals surface area contributed by atoms with Crippen LogP contribution in [-0.2, 0) is 9.59 Å². The van der Waals surface area contributed by atoms with Gasteiger partial charge in [0.1, 0.15) is 0 Å². The minimum atomic E-state index is -0.560. The lowest BCUT2D eigenvalue weighted by molar-refractivity contribution is -0.126. The number of likely N-dealkylation sites (tertiary alicyclic amines) is 1. The van der Waals surface area contributed by atoms with Crippen molar-refractivity contribution >= 4 is 17.9 Å². The van der Waals surface area contributed by atoms with Gasteiger partial charge in [0, 0.05) is 12.6 Å². The first-order valence-electron chi connectivity index (χ1n) is 10.0. The van der Waals surface area contributed by atoms with Gasteiger partial charge in [-0.3, -0.25) is 9.59 Å². The lowest BCUT2D eigenvalue weighted by Crippen LogP contribution is -2.29. The molecule has 1 fully saturated rings. The first kappa shape index (κ1) is 21.4. The number of amides is 2. The second-order valence-corrected chi connectivity index (χ2v) is 7.61. The summed E-state index contributed by atoms with van der Waals surface area (Å²) in [7, 11) is 1.52. The van der Waals surface area contributed by atoms with Crippen molar-refractivity contribution in [2.45, 2.75) is 32.7 Å². The van der Waals surface area contributed by atoms with Gasteiger partial charge in [-0.25, -0.2) is 0 Å². The van der Waals surface area contributed by atoms with Crippen molar-refractivity contribution in [2.24, 2.45) is 5.73 Å². The molecule has 0 aromatic heterocycles. The maximum Gasteiger partial charge on any atom is 0.255 e. The summed E-state index contributed by atoms with van der Waals surface area (Å²) >= 11 is 0. The first-order chi connectivity index (χ1) is 14.4. The van der Waals surface area contributed by atoms with Gasteiger partial charge in [0.15, 0.2) is 18.1 Å². The number of nitrogens with zero attached hydrogens (tertiary/aromatic N) is 1. The number of benzene rings is 2. The van der Waals surface area contributed by atoms with Crippen molar-refractivity contribution in [3.05, 3.63) is 64.7 Å². The Bertz CT molecular complexity index is 947. The van der Waals surface area contributed by atoms with Crippen molar-refractivity contribution in [1.29, 1.82) is 0 Å². The van der Waals surface area contributed by atoms with Crippen LogP contribution in [0, 0.1) is 13.8 Å². The Morgan fingerprint density at radius 2 is 1.87 bits per heavy atom. The zero-order chi connectivity index (χ0) is 21.7. The predicted octanol–water partition coefficient (Wildman–Crippen LogP) is 3.55. The minimum absolute atomic E-state index is 0.00955. The average molecular weight is 408 g/mol. The first-order valence-corrected chi connectivity index (χ1v) is 10.0. The molecule has 0 saturated carbocycles. The van der Waals surface area contributed by atoms with Gasteiger partial charge < -0.3 is 20.1 Å². The van der Waals surface area contributed by atoms with Gasteiger partial charge in [-0.15, -0.1) is 0 Å². The average Bonchev–Trinajstić information content (AvgIpc) is 3.20. The van der Waals surface area contributed by atoms with Gasteiger partial charge in [0.05, 0.1) is 13.2 Å². The number of methoxy groups -OCH3 is 1. The molecule has 1 atom stereocenters. The Hall–Kier alpha value is -3.28. The van der Waals surface area contributed by atoms with E-state index in [1.165, 1.54) is 23.8 Å². The Kier molecular flexibility index (Phi) is 6.77. The van der Waals surface area contributed by atoms with Gasteiger partial charge in [-0.05, 0) is 56.0 Å². The second kappa shape index (κ2) is 9.48. The summed E-state index contributed by atoms with van der Waals surface area (Å²) in [5, 5.41) is 0. The quantitative estimate of drug-likeness (QED) is 0.711. The van der Waals surface area contributed by atoms with Crippen molar-refractivity contribution < 1.29 is 19.1 Å². The smallest absolute Gasteiger partial charge is 0.255 e. The van der Waals surface area contributed by atoms with E-state index in [2.05, 4.69) is 32.0 Å². The van der Waals surface area contributed by atoms with Crippen LogP contribution in [0.25, 0.3) is 6.08 Å². The van der Waals surface area contributed by atoms with Crippen LogP contribution in [0.15, 0.2) is 42.5 Å². The molecule has 2 N–H and O–H groups in total. The summed E-state index contributed by atoms with van der Waals surface area (Å²) in [6, 6.07) is 11.8. The van der Waals surface area contributed by atoms with E-state index >= 15 is 0 Å². The Balaban J connectivity index is 1.73. The fraction of sp³-hybridized carbons (Fsp3) is 0.333. The number of ether oxygens (including phenoxy) is 2. The normalized spacial score (nSPS) is 16.1. The molecule has 6 heteroatoms. The van der Waals surface area contributed by atoms with E-state index in [0.29, 0.717) is 11.5 Å². The number of nitrogens with two attached hydrogens (primary N) is 1. The molecule has 30 heavy (non-hydrogen) atoms. The van der Waals surface area contributed by atoms with Crippen LogP contribution >= 0.6 is 0 Å². The molecule has 0 bridgehead atoms. The van der Waals surface area contributed by atoms with Crippen LogP contribution in [0.5, 0.6) is 11.5 Å². The standard InChI is InChI=1S/C24H28N2O4/c1-16-11-17(2)13-19(12-16)20-5-4-10-26(20)24(28)9-7-18-6-8-21(22(14-18)29-3)30-15-23(25)27/h6-9,11-14,20H,4-5,10,15H2,1-3H3,(H2,25,27)/b9-7+. The Morgan fingerprint density at radius 3 is 2.53 bits per heavy atom. The van der Waals surface area contributed by atoms with Gasteiger partial charge in [-0.1, -0.05) is 35.4 Å². The largest absolute Gasteiger partial charge is 0.493 e. The molecule has 3 rings (SSSR count). The van der Waals surface area contributed by atoms with Crippen molar-refractivity contribution in [1.82, 2.24) is 4.90 Å². The number of primary amides is 1. The highest BCUT2D eigenvalue weighted by Crippen LogP contribution is 2.33. The van der Waals surface area contributed by atoms with Crippen molar-refractivity contribution in [2.75, 3.05) is 20.3 Å².